The van der Waals surface area contributed by atoms with Crippen molar-refractivity contribution in [3.63, 3.8) is 0 Å². The maximum Gasteiger partial charge on any atom is 0.454 e. The Morgan fingerprint density at radius 1 is 1.12 bits per heavy atom. The van der Waals surface area contributed by atoms with Crippen LogP contribution in [0.15, 0.2) is 46.3 Å². The highest BCUT2D eigenvalue weighted by Gasteiger charge is 2.39. The Hall–Kier alpha value is -2.74. The maximum atomic E-state index is 12.3. The number of halogens is 3. The van der Waals surface area contributed by atoms with Gasteiger partial charge in [0.1, 0.15) is 0 Å². The molecule has 0 unspecified atom stereocenters. The number of carbonyl (C=O) groups is 1. The highest BCUT2D eigenvalue weighted by molar-refractivity contribution is 7.13. The van der Waals surface area contributed by atoms with Crippen molar-refractivity contribution in [1.29, 1.82) is 0 Å². The van der Waals surface area contributed by atoms with E-state index in [4.69, 9.17) is 4.52 Å². The first-order valence-corrected chi connectivity index (χ1v) is 7.59. The Kier molecular flexibility index (Phi) is 4.30. The lowest BCUT2D eigenvalue weighted by atomic mass is 10.1. The predicted octanol–water partition coefficient (Wildman–Crippen LogP) is 4.71. The summed E-state index contributed by atoms with van der Waals surface area (Å²) in [6, 6.07) is 8.80. The average Bonchev–Trinajstić information content (AvgIpc) is 3.23. The molecule has 0 fully saturated rings. The van der Waals surface area contributed by atoms with Gasteiger partial charge >= 0.3 is 6.18 Å². The van der Waals surface area contributed by atoms with Crippen molar-refractivity contribution in [2.45, 2.75) is 6.18 Å². The van der Waals surface area contributed by atoms with Gasteiger partial charge in [0.05, 0.1) is 4.88 Å². The fourth-order valence-electron chi connectivity index (χ4n) is 1.89. The molecule has 0 radical (unpaired) electrons. The topological polar surface area (TPSA) is 56.0 Å². The van der Waals surface area contributed by atoms with Crippen molar-refractivity contribution in [2.75, 3.05) is 0 Å². The fourth-order valence-corrected chi connectivity index (χ4v) is 2.53. The van der Waals surface area contributed by atoms with Crippen LogP contribution in [0.5, 0.6) is 0 Å². The minimum atomic E-state index is -4.88. The number of benzene rings is 1. The average molecular weight is 350 g/mol. The van der Waals surface area contributed by atoms with E-state index in [9.17, 15) is 18.0 Å². The zero-order valence-corrected chi connectivity index (χ0v) is 12.8. The van der Waals surface area contributed by atoms with Crippen LogP contribution in [0.25, 0.3) is 22.9 Å². The smallest absolute Gasteiger partial charge is 0.334 e. The van der Waals surface area contributed by atoms with E-state index < -0.39 is 17.5 Å². The maximum absolute atomic E-state index is 12.3. The lowest BCUT2D eigenvalue weighted by Crippen LogP contribution is -2.22. The molecule has 0 amide bonds. The second kappa shape index (κ2) is 6.40. The summed E-state index contributed by atoms with van der Waals surface area (Å²) in [6.45, 7) is 0. The van der Waals surface area contributed by atoms with Gasteiger partial charge in [0.2, 0.25) is 5.82 Å². The molecule has 8 heteroatoms. The molecule has 24 heavy (non-hydrogen) atoms. The SMILES string of the molecule is O=C(c1ccc(/C=C/c2nc(-c3cccs3)no2)cc1)C(F)(F)F. The first kappa shape index (κ1) is 16.1. The lowest BCUT2D eigenvalue weighted by molar-refractivity contribution is -0.0885. The minimum Gasteiger partial charge on any atom is -0.334 e. The quantitative estimate of drug-likeness (QED) is 0.639. The first-order valence-electron chi connectivity index (χ1n) is 6.71. The standard InChI is InChI=1S/C16H9F3N2O2S/c17-16(18,19)14(22)11-6-3-10(4-7-11)5-8-13-20-15(21-23-13)12-2-1-9-24-12/h1-9H/b8-5+. The van der Waals surface area contributed by atoms with Gasteiger partial charge in [-0.25, -0.2) is 0 Å². The number of ketones is 1. The number of alkyl halides is 3. The summed E-state index contributed by atoms with van der Waals surface area (Å²) in [5.41, 5.74) is 0.196. The van der Waals surface area contributed by atoms with Crippen molar-refractivity contribution in [3.05, 3.63) is 58.8 Å². The van der Waals surface area contributed by atoms with Crippen molar-refractivity contribution in [2.24, 2.45) is 0 Å². The zero-order valence-electron chi connectivity index (χ0n) is 11.9. The van der Waals surface area contributed by atoms with Crippen molar-refractivity contribution in [1.82, 2.24) is 10.1 Å². The van der Waals surface area contributed by atoms with Crippen LogP contribution in [0.4, 0.5) is 13.2 Å². The molecule has 0 spiro atoms. The van der Waals surface area contributed by atoms with Crippen molar-refractivity contribution >= 4 is 29.3 Å². The van der Waals surface area contributed by atoms with Crippen LogP contribution in [0.3, 0.4) is 0 Å². The monoisotopic (exact) mass is 350 g/mol. The molecule has 0 N–H and O–H groups in total. The summed E-state index contributed by atoms with van der Waals surface area (Å²) >= 11 is 1.48. The molecule has 122 valence electrons. The molecule has 0 saturated carbocycles. The highest BCUT2D eigenvalue weighted by Crippen LogP contribution is 2.23. The Labute approximate surface area is 138 Å². The van der Waals surface area contributed by atoms with E-state index in [1.165, 1.54) is 23.5 Å². The number of Topliss-reactive ketones (excluding diaryl/α,β-unsaturated/α-hetero) is 1. The molecule has 3 aromatic rings. The summed E-state index contributed by atoms with van der Waals surface area (Å²) < 4.78 is 42.1. The number of nitrogens with zero attached hydrogens (tertiary/aromatic N) is 2. The van der Waals surface area contributed by atoms with E-state index in [0.717, 1.165) is 17.0 Å². The molecule has 2 aromatic heterocycles. The third-order valence-electron chi connectivity index (χ3n) is 3.03. The summed E-state index contributed by atoms with van der Waals surface area (Å²) in [5.74, 6) is -1.12. The number of aromatic nitrogens is 2. The van der Waals surface area contributed by atoms with E-state index in [0.29, 0.717) is 11.4 Å². The normalized spacial score (nSPS) is 12.0. The molecule has 0 aliphatic carbocycles. The lowest BCUT2D eigenvalue weighted by Gasteiger charge is -2.04. The van der Waals surface area contributed by atoms with Gasteiger partial charge in [-0.15, -0.1) is 11.3 Å². The fraction of sp³-hybridized carbons (Fsp3) is 0.0625. The molecular weight excluding hydrogens is 341 g/mol. The van der Waals surface area contributed by atoms with Crippen LogP contribution in [0.2, 0.25) is 0 Å². The molecule has 0 saturated heterocycles. The largest absolute Gasteiger partial charge is 0.454 e. The van der Waals surface area contributed by atoms with Gasteiger partial charge in [-0.2, -0.15) is 18.2 Å². The van der Waals surface area contributed by atoms with E-state index in [1.807, 2.05) is 17.5 Å². The van der Waals surface area contributed by atoms with E-state index >= 15 is 0 Å². The minimum absolute atomic E-state index is 0.272. The van der Waals surface area contributed by atoms with Crippen molar-refractivity contribution < 1.29 is 22.5 Å². The van der Waals surface area contributed by atoms with Crippen LogP contribution in [-0.4, -0.2) is 22.1 Å². The second-order valence-corrected chi connectivity index (χ2v) is 5.66. The predicted molar refractivity (Wildman–Crippen MR) is 83.4 cm³/mol. The van der Waals surface area contributed by atoms with Gasteiger partial charge in [0, 0.05) is 11.6 Å². The van der Waals surface area contributed by atoms with Crippen LogP contribution >= 0.6 is 11.3 Å². The van der Waals surface area contributed by atoms with Gasteiger partial charge in [0.15, 0.2) is 0 Å². The van der Waals surface area contributed by atoms with E-state index in [1.54, 1.807) is 12.2 Å². The summed E-state index contributed by atoms with van der Waals surface area (Å²) in [4.78, 5) is 16.2. The third kappa shape index (κ3) is 3.60. The molecule has 4 nitrogen and oxygen atoms in total. The third-order valence-corrected chi connectivity index (χ3v) is 3.90. The van der Waals surface area contributed by atoms with Crippen LogP contribution in [0.1, 0.15) is 21.8 Å². The molecule has 1 aromatic carbocycles. The van der Waals surface area contributed by atoms with E-state index in [2.05, 4.69) is 10.1 Å². The number of hydrogen-bond acceptors (Lipinski definition) is 5. The Morgan fingerprint density at radius 2 is 1.88 bits per heavy atom. The first-order chi connectivity index (χ1) is 11.4. The number of hydrogen-bond donors (Lipinski definition) is 0. The molecule has 0 aliphatic heterocycles. The van der Waals surface area contributed by atoms with Crippen LogP contribution in [0, 0.1) is 0 Å². The summed E-state index contributed by atoms with van der Waals surface area (Å²) in [7, 11) is 0. The number of thiophene rings is 1. The van der Waals surface area contributed by atoms with Gasteiger partial charge in [-0.3, -0.25) is 4.79 Å². The number of rotatable bonds is 4. The molecule has 0 aliphatic rings. The molecular formula is C16H9F3N2O2S. The Morgan fingerprint density at radius 3 is 2.50 bits per heavy atom. The zero-order chi connectivity index (χ0) is 17.2. The highest BCUT2D eigenvalue weighted by atomic mass is 32.1. The summed E-state index contributed by atoms with van der Waals surface area (Å²) in [6.07, 6.45) is -1.72. The second-order valence-electron chi connectivity index (χ2n) is 4.72. The van der Waals surface area contributed by atoms with Crippen molar-refractivity contribution in [3.8, 4) is 10.7 Å². The number of carbonyl (C=O) groups excluding carboxylic acids is 1. The van der Waals surface area contributed by atoms with Gasteiger partial charge in [-0.1, -0.05) is 35.5 Å². The summed E-state index contributed by atoms with van der Waals surface area (Å²) in [5, 5.41) is 5.73. The van der Waals surface area contributed by atoms with Crippen LogP contribution < -0.4 is 0 Å². The molecule has 0 bridgehead atoms. The molecule has 2 heterocycles. The Balaban J connectivity index is 1.72. The Bertz CT molecular complexity index is 866. The molecule has 3 rings (SSSR count). The van der Waals surface area contributed by atoms with Crippen LogP contribution in [-0.2, 0) is 0 Å². The van der Waals surface area contributed by atoms with E-state index in [-0.39, 0.29) is 5.89 Å². The van der Waals surface area contributed by atoms with Gasteiger partial charge in [-0.05, 0) is 23.1 Å². The van der Waals surface area contributed by atoms with Gasteiger partial charge < -0.3 is 4.52 Å². The van der Waals surface area contributed by atoms with Gasteiger partial charge in [0.25, 0.3) is 11.7 Å². The molecule has 0 atom stereocenters.